The molecule has 1 aromatic heterocycles. The van der Waals surface area contributed by atoms with Crippen LogP contribution in [0, 0.1) is 0 Å². The zero-order chi connectivity index (χ0) is 20.3. The number of ether oxygens (including phenoxy) is 2. The molecular formula is C20H20N4O4. The zero-order valence-electron chi connectivity index (χ0n) is 15.5. The molecule has 1 heterocycles. The second kappa shape index (κ2) is 7.83. The van der Waals surface area contributed by atoms with Crippen molar-refractivity contribution in [2.75, 3.05) is 25.2 Å². The molecule has 0 fully saturated rings. The standard InChI is InChI=1S/C20H20N4O4/c1-3-28-15-10-11(12-6-4-5-7-13(12)20(26)27-2)8-9-14(15)18-23-17(22)16(21)19(25)24-18/h4-10H,3,21H2,1-2H3,(H3,22,23,24,25). The fourth-order valence-corrected chi connectivity index (χ4v) is 2.81. The highest BCUT2D eigenvalue weighted by atomic mass is 16.5. The van der Waals surface area contributed by atoms with Crippen LogP contribution in [0.15, 0.2) is 47.3 Å². The normalized spacial score (nSPS) is 10.5. The third kappa shape index (κ3) is 3.52. The Kier molecular flexibility index (Phi) is 5.30. The van der Waals surface area contributed by atoms with Gasteiger partial charge in [-0.15, -0.1) is 0 Å². The Morgan fingerprint density at radius 3 is 2.57 bits per heavy atom. The molecule has 0 radical (unpaired) electrons. The number of nitrogens with zero attached hydrogens (tertiary/aromatic N) is 1. The Hall–Kier alpha value is -3.81. The molecule has 0 aliphatic rings. The quantitative estimate of drug-likeness (QED) is 0.579. The van der Waals surface area contributed by atoms with Crippen molar-refractivity contribution in [2.24, 2.45) is 0 Å². The molecule has 0 amide bonds. The number of anilines is 2. The smallest absolute Gasteiger partial charge is 0.338 e. The van der Waals surface area contributed by atoms with E-state index in [2.05, 4.69) is 9.97 Å². The number of hydrogen-bond acceptors (Lipinski definition) is 7. The second-order valence-electron chi connectivity index (χ2n) is 5.89. The highest BCUT2D eigenvalue weighted by Gasteiger charge is 2.17. The number of nitrogens with one attached hydrogen (secondary N) is 1. The van der Waals surface area contributed by atoms with Gasteiger partial charge in [0.05, 0.1) is 24.8 Å². The monoisotopic (exact) mass is 380 g/mol. The lowest BCUT2D eigenvalue weighted by Crippen LogP contribution is -2.17. The van der Waals surface area contributed by atoms with E-state index in [0.717, 1.165) is 5.56 Å². The van der Waals surface area contributed by atoms with Crippen LogP contribution in [0.5, 0.6) is 5.75 Å². The van der Waals surface area contributed by atoms with Crippen molar-refractivity contribution in [3.05, 3.63) is 58.4 Å². The van der Waals surface area contributed by atoms with Gasteiger partial charge in [0.25, 0.3) is 5.56 Å². The predicted molar refractivity (Wildman–Crippen MR) is 107 cm³/mol. The van der Waals surface area contributed by atoms with Gasteiger partial charge in [-0.25, -0.2) is 9.78 Å². The van der Waals surface area contributed by atoms with E-state index >= 15 is 0 Å². The highest BCUT2D eigenvalue weighted by molar-refractivity contribution is 5.97. The van der Waals surface area contributed by atoms with E-state index in [1.165, 1.54) is 7.11 Å². The number of aromatic amines is 1. The van der Waals surface area contributed by atoms with Crippen molar-refractivity contribution < 1.29 is 14.3 Å². The van der Waals surface area contributed by atoms with Gasteiger partial charge >= 0.3 is 5.97 Å². The van der Waals surface area contributed by atoms with Gasteiger partial charge in [-0.3, -0.25) is 4.79 Å². The maximum Gasteiger partial charge on any atom is 0.338 e. The van der Waals surface area contributed by atoms with Gasteiger partial charge in [0, 0.05) is 0 Å². The topological polar surface area (TPSA) is 133 Å². The molecule has 0 aliphatic heterocycles. The first-order chi connectivity index (χ1) is 13.5. The number of benzene rings is 2. The minimum atomic E-state index is -0.523. The Morgan fingerprint density at radius 2 is 1.89 bits per heavy atom. The van der Waals surface area contributed by atoms with Gasteiger partial charge in [0.2, 0.25) is 0 Å². The third-order valence-corrected chi connectivity index (χ3v) is 4.16. The van der Waals surface area contributed by atoms with Crippen LogP contribution < -0.4 is 21.8 Å². The van der Waals surface area contributed by atoms with Crippen LogP contribution in [0.25, 0.3) is 22.5 Å². The third-order valence-electron chi connectivity index (χ3n) is 4.16. The summed E-state index contributed by atoms with van der Waals surface area (Å²) in [5.74, 6) is 0.233. The molecule has 5 N–H and O–H groups in total. The largest absolute Gasteiger partial charge is 0.493 e. The number of carbonyl (C=O) groups excluding carboxylic acids is 1. The van der Waals surface area contributed by atoms with E-state index < -0.39 is 11.5 Å². The van der Waals surface area contributed by atoms with Crippen LogP contribution in [0.1, 0.15) is 17.3 Å². The Morgan fingerprint density at radius 1 is 1.14 bits per heavy atom. The molecule has 0 saturated heterocycles. The molecule has 28 heavy (non-hydrogen) atoms. The number of nitrogen functional groups attached to an aromatic ring is 2. The van der Waals surface area contributed by atoms with Gasteiger partial charge in [-0.2, -0.15) is 0 Å². The molecule has 0 unspecified atom stereocenters. The number of carbonyl (C=O) groups is 1. The molecule has 0 atom stereocenters. The Labute approximate surface area is 161 Å². The number of hydrogen-bond donors (Lipinski definition) is 3. The van der Waals surface area contributed by atoms with Crippen LogP contribution in [0.4, 0.5) is 11.5 Å². The molecule has 2 aromatic carbocycles. The van der Waals surface area contributed by atoms with E-state index in [1.807, 2.05) is 19.1 Å². The van der Waals surface area contributed by atoms with Gasteiger partial charge in [-0.05, 0) is 36.2 Å². The second-order valence-corrected chi connectivity index (χ2v) is 5.89. The molecule has 0 bridgehead atoms. The molecule has 0 saturated carbocycles. The first-order valence-electron chi connectivity index (χ1n) is 8.56. The highest BCUT2D eigenvalue weighted by Crippen LogP contribution is 2.34. The van der Waals surface area contributed by atoms with E-state index in [1.54, 1.807) is 30.3 Å². The number of rotatable bonds is 5. The molecule has 3 rings (SSSR count). The van der Waals surface area contributed by atoms with Crippen molar-refractivity contribution in [1.29, 1.82) is 0 Å². The van der Waals surface area contributed by atoms with E-state index in [0.29, 0.717) is 29.0 Å². The summed E-state index contributed by atoms with van der Waals surface area (Å²) in [4.78, 5) is 30.8. The van der Waals surface area contributed by atoms with Crippen molar-refractivity contribution in [3.8, 4) is 28.3 Å². The van der Waals surface area contributed by atoms with Crippen LogP contribution in [0.3, 0.4) is 0 Å². The van der Waals surface area contributed by atoms with Crippen LogP contribution in [0.2, 0.25) is 0 Å². The number of nitrogens with two attached hydrogens (primary N) is 2. The summed E-state index contributed by atoms with van der Waals surface area (Å²) in [6, 6.07) is 12.4. The van der Waals surface area contributed by atoms with E-state index in [4.69, 9.17) is 20.9 Å². The SMILES string of the molecule is CCOc1cc(-c2ccccc2C(=O)OC)ccc1-c1nc(N)c(N)c(=O)[nH]1. The van der Waals surface area contributed by atoms with Gasteiger partial charge in [0.1, 0.15) is 17.3 Å². The van der Waals surface area contributed by atoms with E-state index in [9.17, 15) is 9.59 Å². The fraction of sp³-hybridized carbons (Fsp3) is 0.150. The first kappa shape index (κ1) is 19.0. The number of H-pyrrole nitrogens is 1. The summed E-state index contributed by atoms with van der Waals surface area (Å²) < 4.78 is 10.6. The average molecular weight is 380 g/mol. The lowest BCUT2D eigenvalue weighted by Gasteiger charge is -2.14. The van der Waals surface area contributed by atoms with Crippen molar-refractivity contribution in [3.63, 3.8) is 0 Å². The van der Waals surface area contributed by atoms with Crippen LogP contribution >= 0.6 is 0 Å². The minimum Gasteiger partial charge on any atom is -0.493 e. The lowest BCUT2D eigenvalue weighted by molar-refractivity contribution is 0.0601. The number of esters is 1. The average Bonchev–Trinajstić information content (AvgIpc) is 2.71. The molecule has 144 valence electrons. The number of aromatic nitrogens is 2. The summed E-state index contributed by atoms with van der Waals surface area (Å²) in [5.41, 5.74) is 13.1. The summed E-state index contributed by atoms with van der Waals surface area (Å²) in [6.07, 6.45) is 0. The number of methoxy groups -OCH3 is 1. The lowest BCUT2D eigenvalue weighted by atomic mass is 9.98. The van der Waals surface area contributed by atoms with Crippen molar-refractivity contribution in [1.82, 2.24) is 9.97 Å². The molecule has 3 aromatic rings. The van der Waals surface area contributed by atoms with Gasteiger partial charge in [-0.1, -0.05) is 24.3 Å². The molecule has 8 heteroatoms. The molecule has 8 nitrogen and oxygen atoms in total. The molecule has 0 spiro atoms. The molecule has 0 aliphatic carbocycles. The Balaban J connectivity index is 2.16. The molecular weight excluding hydrogens is 360 g/mol. The predicted octanol–water partition coefficient (Wildman–Crippen LogP) is 2.45. The van der Waals surface area contributed by atoms with Crippen molar-refractivity contribution in [2.45, 2.75) is 6.92 Å². The Bertz CT molecular complexity index is 1090. The fourth-order valence-electron chi connectivity index (χ4n) is 2.81. The van der Waals surface area contributed by atoms with Gasteiger partial charge in [0.15, 0.2) is 5.82 Å². The maximum atomic E-state index is 12.1. The van der Waals surface area contributed by atoms with Crippen LogP contribution in [-0.4, -0.2) is 29.7 Å². The zero-order valence-corrected chi connectivity index (χ0v) is 15.5. The van der Waals surface area contributed by atoms with Crippen LogP contribution in [-0.2, 0) is 4.74 Å². The summed E-state index contributed by atoms with van der Waals surface area (Å²) in [5, 5.41) is 0. The maximum absolute atomic E-state index is 12.1. The summed E-state index contributed by atoms with van der Waals surface area (Å²) in [6.45, 7) is 2.23. The summed E-state index contributed by atoms with van der Waals surface area (Å²) in [7, 11) is 1.33. The first-order valence-corrected chi connectivity index (χ1v) is 8.56. The summed E-state index contributed by atoms with van der Waals surface area (Å²) >= 11 is 0. The van der Waals surface area contributed by atoms with E-state index in [-0.39, 0.29) is 17.3 Å². The van der Waals surface area contributed by atoms with Crippen molar-refractivity contribution >= 4 is 17.5 Å². The minimum absolute atomic E-state index is 0.0543. The van der Waals surface area contributed by atoms with Gasteiger partial charge < -0.3 is 25.9 Å².